The number of carbonyl (C=O) groups is 1. The fourth-order valence-corrected chi connectivity index (χ4v) is 3.83. The lowest BCUT2D eigenvalue weighted by molar-refractivity contribution is -0.132. The highest BCUT2D eigenvalue weighted by molar-refractivity contribution is 7.13. The first-order valence-corrected chi connectivity index (χ1v) is 8.81. The maximum atomic E-state index is 12.4. The van der Waals surface area contributed by atoms with Crippen LogP contribution in [0.25, 0.3) is 10.7 Å². The minimum absolute atomic E-state index is 0.275. The van der Waals surface area contributed by atoms with Crippen LogP contribution in [0, 0.1) is 0 Å². The van der Waals surface area contributed by atoms with Crippen LogP contribution in [0.5, 0.6) is 0 Å². The summed E-state index contributed by atoms with van der Waals surface area (Å²) in [6, 6.07) is 6.28. The molecule has 0 aromatic carbocycles. The largest absolute Gasteiger partial charge is 0.340 e. The molecule has 3 heterocycles. The maximum absolute atomic E-state index is 12.4. The van der Waals surface area contributed by atoms with Gasteiger partial charge in [0.15, 0.2) is 0 Å². The number of aryl methyl sites for hydroxylation is 1. The van der Waals surface area contributed by atoms with Crippen molar-refractivity contribution in [2.45, 2.75) is 45.1 Å². The van der Waals surface area contributed by atoms with Crippen molar-refractivity contribution in [3.63, 3.8) is 0 Å². The number of hydrogen-bond acceptors (Lipinski definition) is 4. The molecule has 2 aromatic heterocycles. The number of rotatable bonds is 5. The number of hydrogen-bond donors (Lipinski definition) is 0. The molecule has 1 aliphatic rings. The Labute approximate surface area is 135 Å². The van der Waals surface area contributed by atoms with Crippen molar-refractivity contribution >= 4 is 17.2 Å². The van der Waals surface area contributed by atoms with Gasteiger partial charge in [-0.25, -0.2) is 4.98 Å². The number of likely N-dealkylation sites (tertiary alicyclic amines) is 1. The van der Waals surface area contributed by atoms with Gasteiger partial charge in [0.05, 0.1) is 11.4 Å². The Bertz CT molecular complexity index is 626. The first-order chi connectivity index (χ1) is 10.8. The zero-order chi connectivity index (χ0) is 15.4. The van der Waals surface area contributed by atoms with Crippen molar-refractivity contribution in [3.05, 3.63) is 35.5 Å². The van der Waals surface area contributed by atoms with Gasteiger partial charge in [0.1, 0.15) is 5.01 Å². The van der Waals surface area contributed by atoms with E-state index in [9.17, 15) is 4.79 Å². The van der Waals surface area contributed by atoms with E-state index < -0.39 is 0 Å². The molecule has 1 saturated heterocycles. The zero-order valence-electron chi connectivity index (χ0n) is 12.9. The lowest BCUT2D eigenvalue weighted by Gasteiger charge is -2.23. The predicted molar refractivity (Wildman–Crippen MR) is 88.7 cm³/mol. The molecule has 0 spiro atoms. The molecule has 3 rings (SSSR count). The predicted octanol–water partition coefficient (Wildman–Crippen LogP) is 3.54. The van der Waals surface area contributed by atoms with Crippen LogP contribution >= 0.6 is 11.3 Å². The summed E-state index contributed by atoms with van der Waals surface area (Å²) < 4.78 is 0. The van der Waals surface area contributed by atoms with E-state index in [-0.39, 0.29) is 5.91 Å². The molecule has 2 aromatic rings. The molecule has 1 atom stereocenters. The summed E-state index contributed by atoms with van der Waals surface area (Å²) in [7, 11) is 0. The van der Waals surface area contributed by atoms with Gasteiger partial charge >= 0.3 is 0 Å². The Morgan fingerprint density at radius 1 is 1.45 bits per heavy atom. The van der Waals surface area contributed by atoms with Crippen molar-refractivity contribution < 1.29 is 4.79 Å². The summed E-state index contributed by atoms with van der Waals surface area (Å²) in [5.74, 6) is 0.275. The summed E-state index contributed by atoms with van der Waals surface area (Å²) in [6.07, 6.45) is 6.41. The fraction of sp³-hybridized carbons (Fsp3) is 0.471. The Kier molecular flexibility index (Phi) is 4.83. The monoisotopic (exact) mass is 315 g/mol. The summed E-state index contributed by atoms with van der Waals surface area (Å²) in [4.78, 5) is 23.3. The highest BCUT2D eigenvalue weighted by atomic mass is 32.1. The van der Waals surface area contributed by atoms with E-state index in [2.05, 4.69) is 21.8 Å². The molecule has 0 saturated carbocycles. The quantitative estimate of drug-likeness (QED) is 0.848. The minimum Gasteiger partial charge on any atom is -0.340 e. The van der Waals surface area contributed by atoms with Crippen molar-refractivity contribution in [3.8, 4) is 10.7 Å². The fourth-order valence-electron chi connectivity index (χ4n) is 3.00. The van der Waals surface area contributed by atoms with E-state index >= 15 is 0 Å². The molecule has 1 aliphatic heterocycles. The summed E-state index contributed by atoms with van der Waals surface area (Å²) in [6.45, 7) is 3.09. The summed E-state index contributed by atoms with van der Waals surface area (Å²) >= 11 is 1.59. The smallest absolute Gasteiger partial charge is 0.223 e. The van der Waals surface area contributed by atoms with Gasteiger partial charge in [-0.15, -0.1) is 11.3 Å². The van der Waals surface area contributed by atoms with Crippen molar-refractivity contribution in [2.75, 3.05) is 6.54 Å². The van der Waals surface area contributed by atoms with Crippen LogP contribution < -0.4 is 0 Å². The van der Waals surface area contributed by atoms with Crippen molar-refractivity contribution in [1.29, 1.82) is 0 Å². The number of aromatic nitrogens is 2. The van der Waals surface area contributed by atoms with Gasteiger partial charge in [-0.1, -0.05) is 13.0 Å². The minimum atomic E-state index is 0.275. The Balaban J connectivity index is 1.58. The summed E-state index contributed by atoms with van der Waals surface area (Å²) in [5, 5.41) is 2.97. The Morgan fingerprint density at radius 3 is 3.14 bits per heavy atom. The molecule has 0 N–H and O–H groups in total. The average Bonchev–Trinajstić information content (AvgIpc) is 3.22. The van der Waals surface area contributed by atoms with Crippen LogP contribution in [0.4, 0.5) is 0 Å². The molecular weight excluding hydrogens is 294 g/mol. The van der Waals surface area contributed by atoms with Gasteiger partial charge in [-0.05, 0) is 37.8 Å². The molecule has 5 heteroatoms. The van der Waals surface area contributed by atoms with E-state index in [4.69, 9.17) is 0 Å². The highest BCUT2D eigenvalue weighted by Gasteiger charge is 2.26. The zero-order valence-corrected chi connectivity index (χ0v) is 13.7. The molecule has 4 nitrogen and oxygen atoms in total. The van der Waals surface area contributed by atoms with Gasteiger partial charge in [0.25, 0.3) is 0 Å². The van der Waals surface area contributed by atoms with Gasteiger partial charge in [-0.2, -0.15) is 0 Å². The number of thiazole rings is 1. The number of pyridine rings is 1. The Morgan fingerprint density at radius 2 is 2.36 bits per heavy atom. The van der Waals surface area contributed by atoms with E-state index in [1.54, 1.807) is 17.5 Å². The standard InChI is InChI=1S/C17H21N3OS/c1-2-14-6-5-11-20(14)16(21)9-8-13-12-22-17(19-13)15-7-3-4-10-18-15/h3-4,7,10,12,14H,2,5-6,8-9,11H2,1H3. The van der Waals surface area contributed by atoms with Crippen LogP contribution in [0.15, 0.2) is 29.8 Å². The van der Waals surface area contributed by atoms with Crippen LogP contribution in [-0.4, -0.2) is 33.4 Å². The molecule has 1 fully saturated rings. The molecule has 0 radical (unpaired) electrons. The molecule has 0 bridgehead atoms. The van der Waals surface area contributed by atoms with Gasteiger partial charge in [0.2, 0.25) is 5.91 Å². The molecule has 0 aliphatic carbocycles. The van der Waals surface area contributed by atoms with E-state index in [0.717, 1.165) is 48.6 Å². The van der Waals surface area contributed by atoms with E-state index in [1.807, 2.05) is 23.6 Å². The molecule has 116 valence electrons. The molecular formula is C17H21N3OS. The molecule has 1 amide bonds. The van der Waals surface area contributed by atoms with Crippen molar-refractivity contribution in [2.24, 2.45) is 0 Å². The van der Waals surface area contributed by atoms with Crippen LogP contribution in [0.2, 0.25) is 0 Å². The van der Waals surface area contributed by atoms with Crippen LogP contribution in [0.3, 0.4) is 0 Å². The number of nitrogens with zero attached hydrogens (tertiary/aromatic N) is 3. The number of carbonyl (C=O) groups excluding carboxylic acids is 1. The summed E-state index contributed by atoms with van der Waals surface area (Å²) in [5.41, 5.74) is 1.89. The third-order valence-corrected chi connectivity index (χ3v) is 5.11. The van der Waals surface area contributed by atoms with Crippen LogP contribution in [-0.2, 0) is 11.2 Å². The second-order valence-corrected chi connectivity index (χ2v) is 6.51. The van der Waals surface area contributed by atoms with E-state index in [1.165, 1.54) is 0 Å². The van der Waals surface area contributed by atoms with Gasteiger partial charge in [0, 0.05) is 30.6 Å². The lowest BCUT2D eigenvalue weighted by atomic mass is 10.1. The van der Waals surface area contributed by atoms with Crippen molar-refractivity contribution in [1.82, 2.24) is 14.9 Å². The van der Waals surface area contributed by atoms with E-state index in [0.29, 0.717) is 12.5 Å². The normalized spacial score (nSPS) is 17.9. The lowest BCUT2D eigenvalue weighted by Crippen LogP contribution is -2.35. The first-order valence-electron chi connectivity index (χ1n) is 7.93. The first kappa shape index (κ1) is 15.2. The van der Waals surface area contributed by atoms with Gasteiger partial charge < -0.3 is 4.90 Å². The second-order valence-electron chi connectivity index (χ2n) is 5.65. The van der Waals surface area contributed by atoms with Gasteiger partial charge in [-0.3, -0.25) is 9.78 Å². The molecule has 1 unspecified atom stereocenters. The maximum Gasteiger partial charge on any atom is 0.223 e. The third-order valence-electron chi connectivity index (χ3n) is 4.20. The Hall–Kier alpha value is -1.75. The second kappa shape index (κ2) is 7.01. The SMILES string of the molecule is CCC1CCCN1C(=O)CCc1csc(-c2ccccn2)n1. The highest BCUT2D eigenvalue weighted by Crippen LogP contribution is 2.23. The number of amides is 1. The third kappa shape index (κ3) is 3.35. The topological polar surface area (TPSA) is 46.1 Å². The average molecular weight is 315 g/mol. The molecule has 22 heavy (non-hydrogen) atoms. The van der Waals surface area contributed by atoms with Crippen LogP contribution in [0.1, 0.15) is 38.3 Å².